The van der Waals surface area contributed by atoms with Crippen LogP contribution in [0.25, 0.3) is 0 Å². The van der Waals surface area contributed by atoms with Crippen LogP contribution in [0, 0.1) is 0 Å². The summed E-state index contributed by atoms with van der Waals surface area (Å²) in [7, 11) is 1.50. The van der Waals surface area contributed by atoms with Gasteiger partial charge < -0.3 is 29.2 Å². The Hall–Kier alpha value is -0.870. The molecule has 2 atom stereocenters. The fraction of sp³-hybridized carbons (Fsp3) is 0.947. The molecule has 294 valence electrons. The first-order valence-electron chi connectivity index (χ1n) is 19.8. The zero-order chi connectivity index (χ0) is 37.2. The normalized spacial score (nSPS) is 13.1. The predicted octanol–water partition coefficient (Wildman–Crippen LogP) is 8.80. The molecule has 0 amide bonds. The molecule has 0 radical (unpaired) electrons. The number of quaternary nitrogens is 1. The standard InChI is InChI=1S/C33H64O5.C5H14NO4P/c1-3-5-7-9-11-13-15-16-18-20-22-24-26-28-32(37)38-33(31(36)29-34)30(35)27-25-23-21-19-17-14-12-10-8-6-4-2;1-6(2,3)4-5-10-11(7,8)9/h31,33-34,36H,3-29H2,1-2H3;4-5H2,1-3H3,(H-,7,8,9)/p+1. The molecule has 0 heterocycles. The second-order valence-corrected chi connectivity index (χ2v) is 16.0. The van der Waals surface area contributed by atoms with Crippen LogP contribution < -0.4 is 0 Å². The molecule has 0 aromatic carbocycles. The maximum Gasteiger partial charge on any atom is 0.469 e. The number of ether oxygens (including phenoxy) is 1. The number of carbonyl (C=O) groups excluding carboxylic acids is 2. The molecule has 0 bridgehead atoms. The van der Waals surface area contributed by atoms with E-state index in [0.29, 0.717) is 11.0 Å². The van der Waals surface area contributed by atoms with Gasteiger partial charge in [0.25, 0.3) is 0 Å². The van der Waals surface area contributed by atoms with Gasteiger partial charge in [0.05, 0.1) is 27.7 Å². The number of unbranched alkanes of at least 4 members (excludes halogenated alkanes) is 22. The summed E-state index contributed by atoms with van der Waals surface area (Å²) in [5.74, 6) is -0.723. The van der Waals surface area contributed by atoms with Crippen molar-refractivity contribution in [2.24, 2.45) is 0 Å². The van der Waals surface area contributed by atoms with E-state index in [1.54, 1.807) is 0 Å². The predicted molar refractivity (Wildman–Crippen MR) is 200 cm³/mol. The Balaban J connectivity index is 0. The van der Waals surface area contributed by atoms with Crippen molar-refractivity contribution < 1.29 is 47.9 Å². The van der Waals surface area contributed by atoms with Gasteiger partial charge in [-0.1, -0.05) is 155 Å². The molecule has 0 spiro atoms. The van der Waals surface area contributed by atoms with E-state index < -0.39 is 32.6 Å². The minimum Gasteiger partial charge on any atom is -0.451 e. The number of Topliss-reactive ketones (excluding diaryl/α,β-unsaturated/α-hetero) is 1. The lowest BCUT2D eigenvalue weighted by Crippen LogP contribution is -2.40. The number of phosphoric ester groups is 1. The largest absolute Gasteiger partial charge is 0.469 e. The van der Waals surface area contributed by atoms with Gasteiger partial charge in [0.15, 0.2) is 11.9 Å². The molecule has 0 aliphatic rings. The van der Waals surface area contributed by atoms with E-state index in [9.17, 15) is 24.4 Å². The van der Waals surface area contributed by atoms with E-state index in [0.717, 1.165) is 38.5 Å². The molecule has 0 aliphatic heterocycles. The highest BCUT2D eigenvalue weighted by Crippen LogP contribution is 2.35. The van der Waals surface area contributed by atoms with Gasteiger partial charge >= 0.3 is 13.8 Å². The van der Waals surface area contributed by atoms with E-state index in [2.05, 4.69) is 18.4 Å². The Kier molecular flexibility index (Phi) is 35.1. The Labute approximate surface area is 300 Å². The summed E-state index contributed by atoms with van der Waals surface area (Å²) in [5, 5.41) is 19.4. The Morgan fingerprint density at radius 1 is 0.612 bits per heavy atom. The van der Waals surface area contributed by atoms with Crippen LogP contribution in [-0.2, 0) is 23.4 Å². The van der Waals surface area contributed by atoms with Crippen LogP contribution in [0.2, 0.25) is 0 Å². The van der Waals surface area contributed by atoms with E-state index in [-0.39, 0.29) is 25.2 Å². The number of phosphoric acid groups is 1. The molecule has 11 heteroatoms. The first-order valence-corrected chi connectivity index (χ1v) is 21.3. The zero-order valence-corrected chi connectivity index (χ0v) is 33.3. The minimum absolute atomic E-state index is 0.0772. The highest BCUT2D eigenvalue weighted by Gasteiger charge is 2.29. The number of ketones is 1. The number of hydrogen-bond acceptors (Lipinski definition) is 7. The first kappa shape index (κ1) is 50.2. The van der Waals surface area contributed by atoms with E-state index in [1.165, 1.54) is 116 Å². The lowest BCUT2D eigenvalue weighted by Gasteiger charge is -2.23. The fourth-order valence-corrected chi connectivity index (χ4v) is 5.80. The molecule has 10 nitrogen and oxygen atoms in total. The number of aliphatic hydroxyl groups excluding tert-OH is 2. The fourth-order valence-electron chi connectivity index (χ4n) is 5.48. The molecule has 0 rings (SSSR count). The molecule has 0 aliphatic carbocycles. The molecule has 0 saturated heterocycles. The molecule has 2 unspecified atom stereocenters. The molecule has 49 heavy (non-hydrogen) atoms. The topological polar surface area (TPSA) is 151 Å². The Bertz CT molecular complexity index is 801. The highest BCUT2D eigenvalue weighted by atomic mass is 31.2. The smallest absolute Gasteiger partial charge is 0.451 e. The van der Waals surface area contributed by atoms with Gasteiger partial charge in [-0.3, -0.25) is 14.1 Å². The second kappa shape index (κ2) is 34.2. The lowest BCUT2D eigenvalue weighted by molar-refractivity contribution is -0.870. The van der Waals surface area contributed by atoms with Crippen molar-refractivity contribution in [1.29, 1.82) is 0 Å². The molecule has 0 fully saturated rings. The first-order chi connectivity index (χ1) is 23.3. The minimum atomic E-state index is -4.26. The molecular weight excluding hydrogens is 645 g/mol. The summed E-state index contributed by atoms with van der Waals surface area (Å²) in [6.45, 7) is 4.56. The number of carbonyl (C=O) groups is 2. The lowest BCUT2D eigenvalue weighted by atomic mass is 10.0. The van der Waals surface area contributed by atoms with Gasteiger partial charge in [-0.05, 0) is 12.8 Å². The van der Waals surface area contributed by atoms with Crippen molar-refractivity contribution in [3.8, 4) is 0 Å². The average molecular weight is 725 g/mol. The monoisotopic (exact) mass is 725 g/mol. The van der Waals surface area contributed by atoms with Crippen molar-refractivity contribution in [3.05, 3.63) is 0 Å². The van der Waals surface area contributed by atoms with Crippen LogP contribution in [0.5, 0.6) is 0 Å². The van der Waals surface area contributed by atoms with Crippen molar-refractivity contribution >= 4 is 19.6 Å². The van der Waals surface area contributed by atoms with Gasteiger partial charge in [0.2, 0.25) is 0 Å². The summed E-state index contributed by atoms with van der Waals surface area (Å²) in [6.07, 6.45) is 27.3. The van der Waals surface area contributed by atoms with Gasteiger partial charge in [-0.2, -0.15) is 0 Å². The van der Waals surface area contributed by atoms with Crippen molar-refractivity contribution in [1.82, 2.24) is 0 Å². The molecular formula is C38H79NO9P+. The van der Waals surface area contributed by atoms with Crippen LogP contribution in [0.3, 0.4) is 0 Å². The van der Waals surface area contributed by atoms with Gasteiger partial charge in [-0.25, -0.2) is 4.57 Å². The van der Waals surface area contributed by atoms with Crippen LogP contribution in [-0.4, -0.2) is 89.3 Å². The maximum absolute atomic E-state index is 12.6. The maximum atomic E-state index is 12.6. The summed E-state index contributed by atoms with van der Waals surface area (Å²) in [4.78, 5) is 41.4. The van der Waals surface area contributed by atoms with E-state index in [4.69, 9.17) is 14.5 Å². The third-order valence-electron chi connectivity index (χ3n) is 8.65. The van der Waals surface area contributed by atoms with Gasteiger partial charge in [0, 0.05) is 12.8 Å². The van der Waals surface area contributed by atoms with Gasteiger partial charge in [0.1, 0.15) is 19.3 Å². The third kappa shape index (κ3) is 39.8. The average Bonchev–Trinajstić information content (AvgIpc) is 3.03. The number of esters is 1. The summed E-state index contributed by atoms with van der Waals surface area (Å²) in [5.41, 5.74) is 0. The Morgan fingerprint density at radius 2 is 0.959 bits per heavy atom. The SMILES string of the molecule is CCCCCCCCCCCCCCCC(=O)OC(C(=O)CCCCCCCCCCCCC)C(O)CO.C[N+](C)(C)CCOP(=O)(O)O. The van der Waals surface area contributed by atoms with Crippen molar-refractivity contribution in [2.75, 3.05) is 40.9 Å². The summed E-state index contributed by atoms with van der Waals surface area (Å²) < 4.78 is 20.4. The molecule has 4 N–H and O–H groups in total. The summed E-state index contributed by atoms with van der Waals surface area (Å²) in [6, 6.07) is 0. The molecule has 0 aromatic rings. The third-order valence-corrected chi connectivity index (χ3v) is 9.16. The van der Waals surface area contributed by atoms with Crippen molar-refractivity contribution in [3.63, 3.8) is 0 Å². The number of rotatable bonds is 34. The molecule has 0 aromatic heterocycles. The second-order valence-electron chi connectivity index (χ2n) is 14.7. The van der Waals surface area contributed by atoms with Crippen molar-refractivity contribution in [2.45, 2.75) is 193 Å². The number of hydrogen-bond donors (Lipinski definition) is 4. The van der Waals surface area contributed by atoms with Crippen LogP contribution >= 0.6 is 7.82 Å². The Morgan fingerprint density at radius 3 is 1.29 bits per heavy atom. The highest BCUT2D eigenvalue weighted by molar-refractivity contribution is 7.46. The zero-order valence-electron chi connectivity index (χ0n) is 32.4. The quantitative estimate of drug-likeness (QED) is 0.0221. The summed E-state index contributed by atoms with van der Waals surface area (Å²) >= 11 is 0. The molecule has 0 saturated carbocycles. The van der Waals surface area contributed by atoms with Crippen LogP contribution in [0.15, 0.2) is 0 Å². The van der Waals surface area contributed by atoms with E-state index >= 15 is 0 Å². The van der Waals surface area contributed by atoms with Gasteiger partial charge in [-0.15, -0.1) is 0 Å². The number of nitrogens with zero attached hydrogens (tertiary/aromatic N) is 1. The number of likely N-dealkylation sites (N-methyl/N-ethyl adjacent to an activating group) is 1. The van der Waals surface area contributed by atoms with Crippen LogP contribution in [0.1, 0.15) is 181 Å². The van der Waals surface area contributed by atoms with Crippen LogP contribution in [0.4, 0.5) is 0 Å². The number of aliphatic hydroxyl groups is 2. The van der Waals surface area contributed by atoms with E-state index in [1.807, 2.05) is 21.1 Å².